The Morgan fingerprint density at radius 1 is 1.28 bits per heavy atom. The maximum Gasteiger partial charge on any atom is 0.264 e. The van der Waals surface area contributed by atoms with Gasteiger partial charge in [0.25, 0.3) is 10.1 Å². The van der Waals surface area contributed by atoms with Crippen LogP contribution in [-0.4, -0.2) is 40.3 Å². The molecule has 1 aromatic carbocycles. The van der Waals surface area contributed by atoms with Gasteiger partial charge >= 0.3 is 0 Å². The van der Waals surface area contributed by atoms with E-state index in [-0.39, 0.29) is 0 Å². The van der Waals surface area contributed by atoms with E-state index in [4.69, 9.17) is 9.47 Å². The van der Waals surface area contributed by atoms with E-state index in [0.717, 1.165) is 6.26 Å². The van der Waals surface area contributed by atoms with Crippen LogP contribution >= 0.6 is 0 Å². The maximum atomic E-state index is 11.7. The highest BCUT2D eigenvalue weighted by atomic mass is 32.2. The SMILES string of the molecule is CS(=O)(=O)OCC(=O)c1ccc2c(c1)OCCO2. The van der Waals surface area contributed by atoms with Crippen LogP contribution in [0.1, 0.15) is 10.4 Å². The van der Waals surface area contributed by atoms with Gasteiger partial charge in [0, 0.05) is 5.56 Å². The van der Waals surface area contributed by atoms with Gasteiger partial charge in [-0.15, -0.1) is 0 Å². The van der Waals surface area contributed by atoms with Crippen LogP contribution in [0.5, 0.6) is 11.5 Å². The van der Waals surface area contributed by atoms with Crippen LogP contribution in [-0.2, 0) is 14.3 Å². The average molecular weight is 272 g/mol. The van der Waals surface area contributed by atoms with Crippen LogP contribution in [0.4, 0.5) is 0 Å². The number of benzene rings is 1. The van der Waals surface area contributed by atoms with E-state index >= 15 is 0 Å². The third kappa shape index (κ3) is 3.21. The zero-order chi connectivity index (χ0) is 13.2. The third-order valence-corrected chi connectivity index (χ3v) is 2.81. The van der Waals surface area contributed by atoms with Crippen LogP contribution in [0.25, 0.3) is 0 Å². The average Bonchev–Trinajstić information content (AvgIpc) is 2.34. The number of rotatable bonds is 4. The molecule has 0 saturated carbocycles. The van der Waals surface area contributed by atoms with Gasteiger partial charge in [-0.2, -0.15) is 8.42 Å². The molecule has 1 heterocycles. The van der Waals surface area contributed by atoms with Crippen LogP contribution in [0.15, 0.2) is 18.2 Å². The maximum absolute atomic E-state index is 11.7. The van der Waals surface area contributed by atoms with Crippen molar-refractivity contribution in [2.75, 3.05) is 26.1 Å². The standard InChI is InChI=1S/C11H12O6S/c1-18(13,14)17-7-9(12)8-2-3-10-11(6-8)16-5-4-15-10/h2-3,6H,4-5,7H2,1H3. The normalized spacial score (nSPS) is 14.3. The van der Waals surface area contributed by atoms with Crippen molar-refractivity contribution in [1.29, 1.82) is 0 Å². The highest BCUT2D eigenvalue weighted by molar-refractivity contribution is 7.86. The van der Waals surface area contributed by atoms with Crippen molar-refractivity contribution in [1.82, 2.24) is 0 Å². The second-order valence-electron chi connectivity index (χ2n) is 3.75. The second kappa shape index (κ2) is 4.95. The summed E-state index contributed by atoms with van der Waals surface area (Å²) in [7, 11) is -3.62. The summed E-state index contributed by atoms with van der Waals surface area (Å²) in [5.74, 6) is 0.616. The number of carbonyl (C=O) groups excluding carboxylic acids is 1. The molecule has 1 aromatic rings. The molecule has 0 aromatic heterocycles. The summed E-state index contributed by atoms with van der Waals surface area (Å²) in [6, 6.07) is 4.67. The molecule has 0 fully saturated rings. The second-order valence-corrected chi connectivity index (χ2v) is 5.39. The molecule has 0 N–H and O–H groups in total. The van der Waals surface area contributed by atoms with Crippen LogP contribution in [0.2, 0.25) is 0 Å². The van der Waals surface area contributed by atoms with Crippen molar-refractivity contribution in [3.05, 3.63) is 23.8 Å². The Kier molecular flexibility index (Phi) is 3.53. The van der Waals surface area contributed by atoms with Gasteiger partial charge in [0.15, 0.2) is 17.3 Å². The Morgan fingerprint density at radius 2 is 1.94 bits per heavy atom. The molecule has 1 aliphatic rings. The van der Waals surface area contributed by atoms with Gasteiger partial charge in [0.05, 0.1) is 6.26 Å². The lowest BCUT2D eigenvalue weighted by atomic mass is 10.1. The molecule has 0 bridgehead atoms. The highest BCUT2D eigenvalue weighted by Crippen LogP contribution is 2.30. The van der Waals surface area contributed by atoms with Gasteiger partial charge < -0.3 is 9.47 Å². The first-order chi connectivity index (χ1) is 8.46. The van der Waals surface area contributed by atoms with E-state index in [0.29, 0.717) is 30.3 Å². The Balaban J connectivity index is 2.11. The van der Waals surface area contributed by atoms with Gasteiger partial charge in [0.1, 0.15) is 19.8 Å². The quantitative estimate of drug-likeness (QED) is 0.590. The van der Waals surface area contributed by atoms with E-state index in [9.17, 15) is 13.2 Å². The number of ether oxygens (including phenoxy) is 2. The fourth-order valence-corrected chi connectivity index (χ4v) is 1.78. The van der Waals surface area contributed by atoms with Crippen molar-refractivity contribution in [2.45, 2.75) is 0 Å². The van der Waals surface area contributed by atoms with Crippen LogP contribution < -0.4 is 9.47 Å². The van der Waals surface area contributed by atoms with Crippen LogP contribution in [0, 0.1) is 0 Å². The highest BCUT2D eigenvalue weighted by Gasteiger charge is 2.16. The Labute approximate surface area is 105 Å². The largest absolute Gasteiger partial charge is 0.486 e. The number of carbonyl (C=O) groups is 1. The minimum Gasteiger partial charge on any atom is -0.486 e. The summed E-state index contributed by atoms with van der Waals surface area (Å²) >= 11 is 0. The molecule has 0 unspecified atom stereocenters. The molecule has 0 radical (unpaired) electrons. The fourth-order valence-electron chi connectivity index (χ4n) is 1.46. The molecule has 1 aliphatic heterocycles. The number of hydrogen-bond acceptors (Lipinski definition) is 6. The van der Waals surface area contributed by atoms with Gasteiger partial charge in [-0.25, -0.2) is 0 Å². The van der Waals surface area contributed by atoms with Crippen molar-refractivity contribution in [2.24, 2.45) is 0 Å². The van der Waals surface area contributed by atoms with Crippen molar-refractivity contribution >= 4 is 15.9 Å². The third-order valence-electron chi connectivity index (χ3n) is 2.27. The number of fused-ring (bicyclic) bond motifs is 1. The molecule has 0 atom stereocenters. The van der Waals surface area contributed by atoms with E-state index in [1.165, 1.54) is 6.07 Å². The minimum atomic E-state index is -3.62. The summed E-state index contributed by atoms with van der Waals surface area (Å²) < 4.78 is 36.6. The first-order valence-electron chi connectivity index (χ1n) is 5.23. The van der Waals surface area contributed by atoms with E-state index < -0.39 is 22.5 Å². The molecule has 0 aliphatic carbocycles. The molecule has 7 heteroatoms. The molecular weight excluding hydrogens is 260 g/mol. The predicted octanol–water partition coefficient (Wildman–Crippen LogP) is 0.617. The van der Waals surface area contributed by atoms with Gasteiger partial charge in [-0.3, -0.25) is 8.98 Å². The smallest absolute Gasteiger partial charge is 0.264 e. The Hall–Kier alpha value is -1.60. The topological polar surface area (TPSA) is 78.9 Å². The summed E-state index contributed by atoms with van der Waals surface area (Å²) in [4.78, 5) is 11.7. The molecular formula is C11H12O6S. The van der Waals surface area contributed by atoms with Crippen molar-refractivity contribution in [3.63, 3.8) is 0 Å². The minimum absolute atomic E-state index is 0.322. The molecule has 0 amide bonds. The van der Waals surface area contributed by atoms with Crippen LogP contribution in [0.3, 0.4) is 0 Å². The van der Waals surface area contributed by atoms with E-state index in [2.05, 4.69) is 4.18 Å². The number of Topliss-reactive ketones (excluding diaryl/α,β-unsaturated/α-hetero) is 1. The Morgan fingerprint density at radius 3 is 2.61 bits per heavy atom. The monoisotopic (exact) mass is 272 g/mol. The molecule has 98 valence electrons. The summed E-state index contributed by atoms with van der Waals surface area (Å²) in [5.41, 5.74) is 0.322. The van der Waals surface area contributed by atoms with Gasteiger partial charge in [0.2, 0.25) is 0 Å². The Bertz CT molecular complexity index is 563. The lowest BCUT2D eigenvalue weighted by molar-refractivity contribution is 0.0924. The first kappa shape index (κ1) is 12.8. The summed E-state index contributed by atoms with van der Waals surface area (Å²) in [6.45, 7) is 0.375. The molecule has 0 spiro atoms. The fraction of sp³-hybridized carbons (Fsp3) is 0.364. The van der Waals surface area contributed by atoms with Crippen molar-refractivity contribution < 1.29 is 26.9 Å². The van der Waals surface area contributed by atoms with E-state index in [1.807, 2.05) is 0 Å². The number of hydrogen-bond donors (Lipinski definition) is 0. The summed E-state index contributed by atoms with van der Waals surface area (Å²) in [6.07, 6.45) is 0.893. The lowest BCUT2D eigenvalue weighted by Crippen LogP contribution is -2.17. The molecule has 2 rings (SSSR count). The molecule has 18 heavy (non-hydrogen) atoms. The molecule has 0 saturated heterocycles. The zero-order valence-corrected chi connectivity index (χ0v) is 10.5. The van der Waals surface area contributed by atoms with Gasteiger partial charge in [-0.1, -0.05) is 0 Å². The number of ketones is 1. The molecule has 6 nitrogen and oxygen atoms in total. The first-order valence-corrected chi connectivity index (χ1v) is 7.04. The predicted molar refractivity (Wildman–Crippen MR) is 62.6 cm³/mol. The van der Waals surface area contributed by atoms with Crippen molar-refractivity contribution in [3.8, 4) is 11.5 Å². The van der Waals surface area contributed by atoms with Gasteiger partial charge in [-0.05, 0) is 18.2 Å². The summed E-state index contributed by atoms with van der Waals surface area (Å²) in [5, 5.41) is 0. The van der Waals surface area contributed by atoms with E-state index in [1.54, 1.807) is 12.1 Å². The zero-order valence-electron chi connectivity index (χ0n) is 9.71. The lowest BCUT2D eigenvalue weighted by Gasteiger charge is -2.18.